The molecule has 21 heavy (non-hydrogen) atoms. The van der Waals surface area contributed by atoms with Gasteiger partial charge in [-0.3, -0.25) is 4.90 Å². The summed E-state index contributed by atoms with van der Waals surface area (Å²) in [7, 11) is 0. The Balaban J connectivity index is 1.71. The average molecular weight is 306 g/mol. The molecule has 0 radical (unpaired) electrons. The molecule has 2 aliphatic rings. The molecule has 1 aromatic carbocycles. The van der Waals surface area contributed by atoms with Gasteiger partial charge in [-0.1, -0.05) is 37.2 Å². The van der Waals surface area contributed by atoms with Gasteiger partial charge in [-0.2, -0.15) is 0 Å². The van der Waals surface area contributed by atoms with E-state index < -0.39 is 0 Å². The van der Waals surface area contributed by atoms with Crippen LogP contribution in [0, 0.1) is 11.7 Å². The molecule has 0 spiro atoms. The monoisotopic (exact) mass is 306 g/mol. The summed E-state index contributed by atoms with van der Waals surface area (Å²) >= 11 is 4.90. The van der Waals surface area contributed by atoms with E-state index in [9.17, 15) is 4.39 Å². The highest BCUT2D eigenvalue weighted by Gasteiger charge is 2.33. The molecule has 2 fully saturated rings. The lowest BCUT2D eigenvalue weighted by atomic mass is 9.95. The summed E-state index contributed by atoms with van der Waals surface area (Å²) in [5, 5.41) is 0. The summed E-state index contributed by atoms with van der Waals surface area (Å²) in [6.45, 7) is 1.81. The van der Waals surface area contributed by atoms with Crippen LogP contribution in [0.25, 0.3) is 0 Å². The molecule has 1 unspecified atom stereocenters. The van der Waals surface area contributed by atoms with Gasteiger partial charge in [0.25, 0.3) is 0 Å². The first-order valence-electron chi connectivity index (χ1n) is 7.97. The highest BCUT2D eigenvalue weighted by molar-refractivity contribution is 7.80. The number of nitrogens with zero attached hydrogens (tertiary/aromatic N) is 1. The summed E-state index contributed by atoms with van der Waals surface area (Å²) < 4.78 is 14.2. The molecule has 4 heteroatoms. The van der Waals surface area contributed by atoms with Crippen molar-refractivity contribution < 1.29 is 4.39 Å². The van der Waals surface area contributed by atoms with E-state index in [1.165, 1.54) is 44.6 Å². The fourth-order valence-electron chi connectivity index (χ4n) is 3.97. The summed E-state index contributed by atoms with van der Waals surface area (Å²) in [4.78, 5) is 2.74. The van der Waals surface area contributed by atoms with Gasteiger partial charge in [0.05, 0.1) is 0 Å². The minimum atomic E-state index is -0.183. The van der Waals surface area contributed by atoms with Crippen molar-refractivity contribution in [1.29, 1.82) is 0 Å². The fourth-order valence-corrected chi connectivity index (χ4v) is 4.10. The van der Waals surface area contributed by atoms with E-state index in [0.29, 0.717) is 18.2 Å². The molecule has 1 aliphatic carbocycles. The maximum Gasteiger partial charge on any atom is 0.128 e. The Morgan fingerprint density at radius 1 is 1.24 bits per heavy atom. The van der Waals surface area contributed by atoms with Crippen LogP contribution in [0.3, 0.4) is 0 Å². The predicted molar refractivity (Wildman–Crippen MR) is 87.7 cm³/mol. The molecule has 2 N–H and O–H groups in total. The molecule has 0 amide bonds. The summed E-state index contributed by atoms with van der Waals surface area (Å²) in [5.74, 6) is 0.642. The van der Waals surface area contributed by atoms with E-state index in [1.807, 2.05) is 12.1 Å². The van der Waals surface area contributed by atoms with Crippen molar-refractivity contribution in [3.05, 3.63) is 35.1 Å². The van der Waals surface area contributed by atoms with E-state index >= 15 is 0 Å². The molecule has 0 aromatic heterocycles. The number of nitrogens with two attached hydrogens (primary N) is 1. The molecule has 1 aliphatic heterocycles. The van der Waals surface area contributed by atoms with Gasteiger partial charge in [-0.05, 0) is 44.2 Å². The third-order valence-electron chi connectivity index (χ3n) is 5.07. The fraction of sp³-hybridized carbons (Fsp3) is 0.588. The maximum atomic E-state index is 14.2. The lowest BCUT2D eigenvalue weighted by Gasteiger charge is -2.29. The molecule has 2 nitrogen and oxygen atoms in total. The first-order chi connectivity index (χ1) is 10.1. The van der Waals surface area contributed by atoms with E-state index in [0.717, 1.165) is 18.0 Å². The molecule has 0 bridgehead atoms. The zero-order chi connectivity index (χ0) is 14.8. The topological polar surface area (TPSA) is 29.3 Å². The quantitative estimate of drug-likeness (QED) is 0.862. The Morgan fingerprint density at radius 3 is 2.67 bits per heavy atom. The molecular formula is C17H23FN2S. The van der Waals surface area contributed by atoms with Crippen LogP contribution in [0.1, 0.15) is 49.7 Å². The molecule has 3 rings (SSSR count). The van der Waals surface area contributed by atoms with Crippen LogP contribution in [-0.2, 0) is 6.54 Å². The summed E-state index contributed by atoms with van der Waals surface area (Å²) in [6.07, 6.45) is 7.96. The number of halogens is 1. The summed E-state index contributed by atoms with van der Waals surface area (Å²) in [6, 6.07) is 5.80. The lowest BCUT2D eigenvalue weighted by molar-refractivity contribution is 0.181. The van der Waals surface area contributed by atoms with Gasteiger partial charge in [0, 0.05) is 23.7 Å². The number of rotatable bonds is 4. The van der Waals surface area contributed by atoms with Gasteiger partial charge in [0.15, 0.2) is 0 Å². The third kappa shape index (κ3) is 3.27. The van der Waals surface area contributed by atoms with Crippen molar-refractivity contribution >= 4 is 17.2 Å². The van der Waals surface area contributed by atoms with Crippen LogP contribution in [0.5, 0.6) is 0 Å². The van der Waals surface area contributed by atoms with Crippen LogP contribution >= 0.6 is 12.2 Å². The number of benzene rings is 1. The molecule has 1 aromatic rings. The van der Waals surface area contributed by atoms with E-state index in [1.54, 1.807) is 0 Å². The van der Waals surface area contributed by atoms with Crippen molar-refractivity contribution in [2.45, 2.75) is 51.1 Å². The Morgan fingerprint density at radius 2 is 2.00 bits per heavy atom. The smallest absolute Gasteiger partial charge is 0.128 e. The van der Waals surface area contributed by atoms with Crippen molar-refractivity contribution in [2.24, 2.45) is 11.7 Å². The van der Waals surface area contributed by atoms with Crippen LogP contribution in [-0.4, -0.2) is 22.5 Å². The van der Waals surface area contributed by atoms with E-state index in [2.05, 4.69) is 4.90 Å². The van der Waals surface area contributed by atoms with Crippen molar-refractivity contribution in [3.63, 3.8) is 0 Å². The second-order valence-electron chi connectivity index (χ2n) is 6.40. The van der Waals surface area contributed by atoms with Gasteiger partial charge in [-0.15, -0.1) is 0 Å². The molecule has 1 saturated carbocycles. The van der Waals surface area contributed by atoms with Gasteiger partial charge in [0.1, 0.15) is 10.8 Å². The Labute approximate surface area is 131 Å². The highest BCUT2D eigenvalue weighted by atomic mass is 32.1. The highest BCUT2D eigenvalue weighted by Crippen LogP contribution is 2.36. The first kappa shape index (κ1) is 14.9. The third-order valence-corrected chi connectivity index (χ3v) is 5.30. The molecular weight excluding hydrogens is 283 g/mol. The molecule has 1 heterocycles. The first-order valence-corrected chi connectivity index (χ1v) is 8.38. The zero-order valence-electron chi connectivity index (χ0n) is 12.4. The lowest BCUT2D eigenvalue weighted by Crippen LogP contribution is -2.34. The summed E-state index contributed by atoms with van der Waals surface area (Å²) in [5.41, 5.74) is 6.93. The normalized spacial score (nSPS) is 23.8. The van der Waals surface area contributed by atoms with Crippen LogP contribution in [0.15, 0.2) is 18.2 Å². The van der Waals surface area contributed by atoms with Crippen LogP contribution in [0.4, 0.5) is 4.39 Å². The molecule has 1 atom stereocenters. The number of hydrogen-bond acceptors (Lipinski definition) is 2. The Bertz CT molecular complexity index is 526. The number of likely N-dealkylation sites (tertiary alicyclic amines) is 1. The second kappa shape index (κ2) is 6.41. The van der Waals surface area contributed by atoms with Gasteiger partial charge < -0.3 is 5.73 Å². The van der Waals surface area contributed by atoms with Crippen molar-refractivity contribution in [3.8, 4) is 0 Å². The standard InChI is InChI=1S/C17H23FN2S/c18-15-10-13(17(19)21)7-8-14(15)11-20-9-3-6-16(20)12-4-1-2-5-12/h7-8,10,12,16H,1-6,9,11H2,(H2,19,21). The van der Waals surface area contributed by atoms with E-state index in [4.69, 9.17) is 18.0 Å². The second-order valence-corrected chi connectivity index (χ2v) is 6.83. The molecule has 114 valence electrons. The van der Waals surface area contributed by atoms with Crippen molar-refractivity contribution in [2.75, 3.05) is 6.54 Å². The zero-order valence-corrected chi connectivity index (χ0v) is 13.2. The number of hydrogen-bond donors (Lipinski definition) is 1. The van der Waals surface area contributed by atoms with Gasteiger partial charge in [0.2, 0.25) is 0 Å². The maximum absolute atomic E-state index is 14.2. The predicted octanol–water partition coefficient (Wildman–Crippen LogP) is 3.61. The van der Waals surface area contributed by atoms with Gasteiger partial charge in [-0.25, -0.2) is 4.39 Å². The largest absolute Gasteiger partial charge is 0.389 e. The van der Waals surface area contributed by atoms with E-state index in [-0.39, 0.29) is 10.8 Å². The molecule has 1 saturated heterocycles. The Kier molecular flexibility index (Phi) is 4.55. The average Bonchev–Trinajstić information content (AvgIpc) is 3.11. The van der Waals surface area contributed by atoms with Crippen LogP contribution in [0.2, 0.25) is 0 Å². The Hall–Kier alpha value is -1.00. The van der Waals surface area contributed by atoms with Crippen molar-refractivity contribution in [1.82, 2.24) is 4.90 Å². The minimum Gasteiger partial charge on any atom is -0.389 e. The van der Waals surface area contributed by atoms with Crippen LogP contribution < -0.4 is 5.73 Å². The SMILES string of the molecule is NC(=S)c1ccc(CN2CCCC2C2CCCC2)c(F)c1. The minimum absolute atomic E-state index is 0.183. The van der Waals surface area contributed by atoms with Gasteiger partial charge >= 0.3 is 0 Å². The number of thiocarbonyl (C=S) groups is 1.